The van der Waals surface area contributed by atoms with Crippen molar-refractivity contribution in [2.24, 2.45) is 0 Å². The third-order valence-electron chi connectivity index (χ3n) is 4.34. The van der Waals surface area contributed by atoms with Gasteiger partial charge in [0.15, 0.2) is 11.2 Å². The van der Waals surface area contributed by atoms with Crippen molar-refractivity contribution < 1.29 is 0 Å². The van der Waals surface area contributed by atoms with E-state index in [1.807, 2.05) is 18.2 Å². The van der Waals surface area contributed by atoms with Crippen LogP contribution in [-0.2, 0) is 0 Å². The van der Waals surface area contributed by atoms with Crippen LogP contribution in [0, 0.1) is 0 Å². The van der Waals surface area contributed by atoms with Crippen molar-refractivity contribution >= 4 is 33.8 Å². The molecular weight excluding hydrogens is 376 g/mol. The molecule has 1 aromatic carbocycles. The number of hydrogen-bond acceptors (Lipinski definition) is 6. The average Bonchev–Trinajstić information content (AvgIpc) is 2.74. The predicted molar refractivity (Wildman–Crippen MR) is 107 cm³/mol. The fourth-order valence-electron chi connectivity index (χ4n) is 3.06. The molecule has 8 heteroatoms. The van der Waals surface area contributed by atoms with Crippen LogP contribution in [0.2, 0.25) is 5.02 Å². The predicted octanol–water partition coefficient (Wildman–Crippen LogP) is 3.64. The highest BCUT2D eigenvalue weighted by Crippen LogP contribution is 2.33. The summed E-state index contributed by atoms with van der Waals surface area (Å²) in [5.74, 6) is 0. The summed E-state index contributed by atoms with van der Waals surface area (Å²) in [5.41, 5.74) is 4.35. The Morgan fingerprint density at radius 3 is 2.46 bits per heavy atom. The molecular formula is C20H11ClN6O. The molecule has 4 heterocycles. The Morgan fingerprint density at radius 2 is 1.61 bits per heavy atom. The molecule has 0 atom stereocenters. The molecule has 4 aromatic heterocycles. The molecule has 0 aliphatic rings. The first-order chi connectivity index (χ1) is 13.7. The number of nitrogens with zero attached hydrogens (tertiary/aromatic N) is 5. The van der Waals surface area contributed by atoms with Crippen molar-refractivity contribution in [1.29, 1.82) is 0 Å². The second kappa shape index (κ2) is 6.47. The zero-order chi connectivity index (χ0) is 19.1. The van der Waals surface area contributed by atoms with Crippen molar-refractivity contribution in [1.82, 2.24) is 29.9 Å². The number of benzene rings is 1. The highest BCUT2D eigenvalue weighted by molar-refractivity contribution is 6.35. The molecule has 5 aromatic rings. The zero-order valence-electron chi connectivity index (χ0n) is 14.3. The second-order valence-corrected chi connectivity index (χ2v) is 6.49. The van der Waals surface area contributed by atoms with Gasteiger partial charge in [-0.1, -0.05) is 11.6 Å². The molecule has 0 unspecified atom stereocenters. The fourth-order valence-corrected chi connectivity index (χ4v) is 3.33. The van der Waals surface area contributed by atoms with E-state index in [2.05, 4.69) is 29.9 Å². The van der Waals surface area contributed by atoms with E-state index < -0.39 is 0 Å². The van der Waals surface area contributed by atoms with Crippen LogP contribution in [0.1, 0.15) is 0 Å². The van der Waals surface area contributed by atoms with Crippen LogP contribution in [0.25, 0.3) is 44.7 Å². The van der Waals surface area contributed by atoms with E-state index in [1.165, 1.54) is 6.07 Å². The van der Waals surface area contributed by atoms with Crippen LogP contribution in [0.15, 0.2) is 66.1 Å². The Bertz CT molecular complexity index is 1400. The molecule has 134 valence electrons. The summed E-state index contributed by atoms with van der Waals surface area (Å²) in [6.45, 7) is 0. The van der Waals surface area contributed by atoms with Gasteiger partial charge in [-0.15, -0.1) is 0 Å². The van der Waals surface area contributed by atoms with E-state index in [9.17, 15) is 4.79 Å². The summed E-state index contributed by atoms with van der Waals surface area (Å²) >= 11 is 6.43. The number of halogens is 1. The maximum atomic E-state index is 12.3. The van der Waals surface area contributed by atoms with Gasteiger partial charge in [-0.25, -0.2) is 9.97 Å². The third-order valence-corrected chi connectivity index (χ3v) is 4.63. The van der Waals surface area contributed by atoms with Gasteiger partial charge in [-0.05, 0) is 24.3 Å². The first kappa shape index (κ1) is 16.5. The summed E-state index contributed by atoms with van der Waals surface area (Å²) in [4.78, 5) is 37.3. The number of rotatable bonds is 2. The minimum atomic E-state index is -0.213. The maximum absolute atomic E-state index is 12.3. The Balaban J connectivity index is 1.88. The summed E-state index contributed by atoms with van der Waals surface area (Å²) < 4.78 is 0. The number of nitrogens with one attached hydrogen (secondary N) is 1. The third kappa shape index (κ3) is 2.69. The number of pyridine rings is 2. The molecule has 0 amide bonds. The lowest BCUT2D eigenvalue weighted by molar-refractivity contribution is 1.21. The van der Waals surface area contributed by atoms with Gasteiger partial charge in [-0.3, -0.25) is 19.7 Å². The Kier molecular flexibility index (Phi) is 3.80. The first-order valence-electron chi connectivity index (χ1n) is 8.41. The van der Waals surface area contributed by atoms with E-state index in [-0.39, 0.29) is 10.9 Å². The molecule has 0 aliphatic carbocycles. The first-order valence-corrected chi connectivity index (χ1v) is 8.79. The van der Waals surface area contributed by atoms with Gasteiger partial charge in [0.05, 0.1) is 21.9 Å². The van der Waals surface area contributed by atoms with E-state index in [1.54, 1.807) is 37.1 Å². The molecule has 0 aliphatic heterocycles. The van der Waals surface area contributed by atoms with Crippen molar-refractivity contribution in [2.75, 3.05) is 0 Å². The number of aromatic nitrogens is 6. The molecule has 7 nitrogen and oxygen atoms in total. The number of hydrogen-bond donors (Lipinski definition) is 1. The lowest BCUT2D eigenvalue weighted by atomic mass is 10.0. The maximum Gasteiger partial charge on any atom is 0.209 e. The molecule has 28 heavy (non-hydrogen) atoms. The van der Waals surface area contributed by atoms with Gasteiger partial charge in [0.1, 0.15) is 5.52 Å². The van der Waals surface area contributed by atoms with E-state index in [0.717, 1.165) is 5.56 Å². The summed E-state index contributed by atoms with van der Waals surface area (Å²) in [6, 6.07) is 8.69. The highest BCUT2D eigenvalue weighted by atomic mass is 35.5. The molecule has 0 bridgehead atoms. The molecule has 0 saturated heterocycles. The van der Waals surface area contributed by atoms with Crippen LogP contribution in [0.4, 0.5) is 0 Å². The van der Waals surface area contributed by atoms with Gasteiger partial charge in [0.2, 0.25) is 5.43 Å². The van der Waals surface area contributed by atoms with Gasteiger partial charge < -0.3 is 4.98 Å². The van der Waals surface area contributed by atoms with Crippen LogP contribution in [0.5, 0.6) is 0 Å². The monoisotopic (exact) mass is 386 g/mol. The minimum absolute atomic E-state index is 0.213. The SMILES string of the molecule is O=c1cc[nH]c2nc(-c3ccncc3)c(-c3cc(Cl)c4nccnc4c3)nc12. The average molecular weight is 387 g/mol. The van der Waals surface area contributed by atoms with Crippen LogP contribution < -0.4 is 5.43 Å². The van der Waals surface area contributed by atoms with Crippen LogP contribution >= 0.6 is 11.6 Å². The van der Waals surface area contributed by atoms with Gasteiger partial charge in [0.25, 0.3) is 0 Å². The number of fused-ring (bicyclic) bond motifs is 2. The molecule has 0 radical (unpaired) electrons. The Hall–Kier alpha value is -3.71. The van der Waals surface area contributed by atoms with Crippen molar-refractivity contribution in [2.45, 2.75) is 0 Å². The molecule has 1 N–H and O–H groups in total. The highest BCUT2D eigenvalue weighted by Gasteiger charge is 2.16. The van der Waals surface area contributed by atoms with Crippen molar-refractivity contribution in [3.8, 4) is 22.5 Å². The number of aromatic amines is 1. The largest absolute Gasteiger partial charge is 0.345 e. The summed E-state index contributed by atoms with van der Waals surface area (Å²) in [5, 5.41) is 0.449. The van der Waals surface area contributed by atoms with Gasteiger partial charge >= 0.3 is 0 Å². The van der Waals surface area contributed by atoms with Gasteiger partial charge in [0, 0.05) is 48.2 Å². The van der Waals surface area contributed by atoms with Gasteiger partial charge in [-0.2, -0.15) is 0 Å². The molecule has 0 saturated carbocycles. The van der Waals surface area contributed by atoms with E-state index >= 15 is 0 Å². The Morgan fingerprint density at radius 1 is 0.821 bits per heavy atom. The van der Waals surface area contributed by atoms with Crippen LogP contribution in [-0.4, -0.2) is 29.9 Å². The minimum Gasteiger partial charge on any atom is -0.345 e. The number of H-pyrrole nitrogens is 1. The zero-order valence-corrected chi connectivity index (χ0v) is 15.1. The molecule has 5 rings (SSSR count). The molecule has 0 fully saturated rings. The summed E-state index contributed by atoms with van der Waals surface area (Å²) in [7, 11) is 0. The lowest BCUT2D eigenvalue weighted by Crippen LogP contribution is -2.06. The van der Waals surface area contributed by atoms with E-state index in [4.69, 9.17) is 11.6 Å². The standard InChI is InChI=1S/C20H11ClN6O/c21-13-9-12(10-14-18(13)24-8-7-23-14)17-16(11-1-4-22-5-2-11)27-20-19(26-17)15(28)3-6-25-20/h1-10H,(H,25,27,28). The smallest absolute Gasteiger partial charge is 0.209 e. The second-order valence-electron chi connectivity index (χ2n) is 6.08. The quantitative estimate of drug-likeness (QED) is 0.497. The summed E-state index contributed by atoms with van der Waals surface area (Å²) in [6.07, 6.45) is 8.10. The topological polar surface area (TPSA) is 97.3 Å². The Labute approximate surface area is 163 Å². The lowest BCUT2D eigenvalue weighted by Gasteiger charge is -2.11. The molecule has 0 spiro atoms. The van der Waals surface area contributed by atoms with Crippen molar-refractivity contribution in [3.05, 3.63) is 76.6 Å². The normalized spacial score (nSPS) is 11.2. The fraction of sp³-hybridized carbons (Fsp3) is 0. The van der Waals surface area contributed by atoms with E-state index in [0.29, 0.717) is 38.7 Å². The van der Waals surface area contributed by atoms with Crippen molar-refractivity contribution in [3.63, 3.8) is 0 Å². The van der Waals surface area contributed by atoms with Crippen LogP contribution in [0.3, 0.4) is 0 Å².